The number of ether oxygens (including phenoxy) is 2. The van der Waals surface area contributed by atoms with Gasteiger partial charge in [-0.15, -0.1) is 11.3 Å². The molecule has 4 nitrogen and oxygen atoms in total. The Bertz CT molecular complexity index is 315. The first kappa shape index (κ1) is 12.0. The van der Waals surface area contributed by atoms with Crippen LogP contribution in [0, 0.1) is 13.8 Å². The number of aryl methyl sites for hydroxylation is 2. The molecule has 1 aromatic heterocycles. The van der Waals surface area contributed by atoms with Crippen LogP contribution in [0.1, 0.15) is 15.6 Å². The molecule has 0 aliphatic carbocycles. The highest BCUT2D eigenvalue weighted by molar-refractivity contribution is 7.11. The van der Waals surface area contributed by atoms with Gasteiger partial charge in [0, 0.05) is 18.0 Å². The van der Waals surface area contributed by atoms with E-state index >= 15 is 0 Å². The Morgan fingerprint density at radius 3 is 2.94 bits per heavy atom. The second kappa shape index (κ2) is 5.72. The van der Waals surface area contributed by atoms with Crippen molar-refractivity contribution in [2.75, 3.05) is 26.4 Å². The minimum Gasteiger partial charge on any atom is -0.376 e. The van der Waals surface area contributed by atoms with E-state index in [-0.39, 0.29) is 6.10 Å². The Hall–Kier alpha value is -0.490. The van der Waals surface area contributed by atoms with Crippen LogP contribution in [0.15, 0.2) is 0 Å². The summed E-state index contributed by atoms with van der Waals surface area (Å²) in [5.74, 6) is 0. The molecule has 0 saturated carbocycles. The minimum atomic E-state index is 0.191. The smallest absolute Gasteiger partial charge is 0.107 e. The van der Waals surface area contributed by atoms with Crippen LogP contribution in [0.4, 0.5) is 0 Å². The maximum atomic E-state index is 5.54. The summed E-state index contributed by atoms with van der Waals surface area (Å²) < 4.78 is 10.9. The number of nitrogens with zero attached hydrogens (tertiary/aromatic N) is 1. The largest absolute Gasteiger partial charge is 0.376 e. The van der Waals surface area contributed by atoms with E-state index in [0.29, 0.717) is 13.2 Å². The van der Waals surface area contributed by atoms with Gasteiger partial charge in [0.25, 0.3) is 0 Å². The molecule has 16 heavy (non-hydrogen) atoms. The normalized spacial score (nSPS) is 21.2. The monoisotopic (exact) mass is 242 g/mol. The summed E-state index contributed by atoms with van der Waals surface area (Å²) in [5.41, 5.74) is 1.14. The molecule has 0 radical (unpaired) electrons. The fraction of sp³-hybridized carbons (Fsp3) is 0.727. The Kier molecular flexibility index (Phi) is 4.29. The highest BCUT2D eigenvalue weighted by Crippen LogP contribution is 2.15. The van der Waals surface area contributed by atoms with E-state index < -0.39 is 0 Å². The molecule has 0 spiro atoms. The average Bonchev–Trinajstić information content (AvgIpc) is 2.60. The molecule has 1 fully saturated rings. The molecule has 1 aliphatic heterocycles. The molecule has 0 aromatic carbocycles. The first-order chi connectivity index (χ1) is 7.75. The van der Waals surface area contributed by atoms with Gasteiger partial charge in [0.15, 0.2) is 0 Å². The van der Waals surface area contributed by atoms with Crippen LogP contribution in [0.25, 0.3) is 0 Å². The number of aromatic nitrogens is 1. The molecule has 2 rings (SSSR count). The molecule has 90 valence electrons. The van der Waals surface area contributed by atoms with Gasteiger partial charge in [-0.1, -0.05) is 0 Å². The number of hydrogen-bond donors (Lipinski definition) is 1. The average molecular weight is 242 g/mol. The lowest BCUT2D eigenvalue weighted by molar-refractivity contribution is -0.0864. The third-order valence-electron chi connectivity index (χ3n) is 2.61. The van der Waals surface area contributed by atoms with Crippen molar-refractivity contribution in [1.82, 2.24) is 10.3 Å². The SMILES string of the molecule is Cc1nc(CNCC2COCCO2)sc1C. The third kappa shape index (κ3) is 3.25. The fourth-order valence-corrected chi connectivity index (χ4v) is 2.51. The van der Waals surface area contributed by atoms with E-state index in [9.17, 15) is 0 Å². The summed E-state index contributed by atoms with van der Waals surface area (Å²) in [6, 6.07) is 0. The van der Waals surface area contributed by atoms with Crippen LogP contribution in [-0.4, -0.2) is 37.5 Å². The van der Waals surface area contributed by atoms with E-state index in [1.54, 1.807) is 11.3 Å². The Morgan fingerprint density at radius 1 is 1.44 bits per heavy atom. The van der Waals surface area contributed by atoms with E-state index in [1.807, 2.05) is 6.92 Å². The van der Waals surface area contributed by atoms with Gasteiger partial charge in [0.05, 0.1) is 31.6 Å². The zero-order valence-corrected chi connectivity index (χ0v) is 10.6. The second-order valence-electron chi connectivity index (χ2n) is 3.95. The molecule has 1 saturated heterocycles. The van der Waals surface area contributed by atoms with Crippen molar-refractivity contribution in [3.63, 3.8) is 0 Å². The van der Waals surface area contributed by atoms with E-state index in [2.05, 4.69) is 17.2 Å². The van der Waals surface area contributed by atoms with Gasteiger partial charge in [0.2, 0.25) is 0 Å². The van der Waals surface area contributed by atoms with E-state index in [4.69, 9.17) is 9.47 Å². The van der Waals surface area contributed by atoms with Crippen molar-refractivity contribution in [2.24, 2.45) is 0 Å². The van der Waals surface area contributed by atoms with Crippen molar-refractivity contribution < 1.29 is 9.47 Å². The van der Waals surface area contributed by atoms with Gasteiger partial charge >= 0.3 is 0 Å². The first-order valence-electron chi connectivity index (χ1n) is 5.58. The van der Waals surface area contributed by atoms with Crippen molar-refractivity contribution in [3.8, 4) is 0 Å². The maximum Gasteiger partial charge on any atom is 0.107 e. The summed E-state index contributed by atoms with van der Waals surface area (Å²) in [4.78, 5) is 5.78. The van der Waals surface area contributed by atoms with E-state index in [0.717, 1.165) is 30.4 Å². The third-order valence-corrected chi connectivity index (χ3v) is 3.68. The Morgan fingerprint density at radius 2 is 2.31 bits per heavy atom. The molecule has 5 heteroatoms. The molecule has 2 heterocycles. The Labute approximate surface area is 100.0 Å². The predicted octanol–water partition coefficient (Wildman–Crippen LogP) is 1.26. The highest BCUT2D eigenvalue weighted by Gasteiger charge is 2.13. The van der Waals surface area contributed by atoms with Gasteiger partial charge in [-0.3, -0.25) is 0 Å². The van der Waals surface area contributed by atoms with Crippen LogP contribution in [-0.2, 0) is 16.0 Å². The molecule has 0 bridgehead atoms. The standard InChI is InChI=1S/C11H18N2O2S/c1-8-9(2)16-11(13-8)6-12-5-10-7-14-3-4-15-10/h10,12H,3-7H2,1-2H3. The van der Waals surface area contributed by atoms with Crippen molar-refractivity contribution >= 4 is 11.3 Å². The van der Waals surface area contributed by atoms with Gasteiger partial charge in [-0.25, -0.2) is 4.98 Å². The molecule has 0 amide bonds. The summed E-state index contributed by atoms with van der Waals surface area (Å²) >= 11 is 1.76. The van der Waals surface area contributed by atoms with Gasteiger partial charge in [-0.2, -0.15) is 0 Å². The van der Waals surface area contributed by atoms with Crippen molar-refractivity contribution in [1.29, 1.82) is 0 Å². The molecular formula is C11H18N2O2S. The summed E-state index contributed by atoms with van der Waals surface area (Å²) in [7, 11) is 0. The maximum absolute atomic E-state index is 5.54. The van der Waals surface area contributed by atoms with Crippen LogP contribution in [0.5, 0.6) is 0 Å². The number of hydrogen-bond acceptors (Lipinski definition) is 5. The highest BCUT2D eigenvalue weighted by atomic mass is 32.1. The zero-order valence-electron chi connectivity index (χ0n) is 9.78. The van der Waals surface area contributed by atoms with Crippen LogP contribution in [0.2, 0.25) is 0 Å². The lowest BCUT2D eigenvalue weighted by Crippen LogP contribution is -2.37. The first-order valence-corrected chi connectivity index (χ1v) is 6.40. The van der Waals surface area contributed by atoms with E-state index in [1.165, 1.54) is 4.88 Å². The fourth-order valence-electron chi connectivity index (χ4n) is 1.61. The lowest BCUT2D eigenvalue weighted by Gasteiger charge is -2.22. The lowest BCUT2D eigenvalue weighted by atomic mass is 10.3. The second-order valence-corrected chi connectivity index (χ2v) is 5.24. The summed E-state index contributed by atoms with van der Waals surface area (Å²) in [5, 5.41) is 4.50. The quantitative estimate of drug-likeness (QED) is 0.863. The number of thiazole rings is 1. The molecule has 1 aliphatic rings. The summed E-state index contributed by atoms with van der Waals surface area (Å²) in [6.45, 7) is 7.94. The van der Waals surface area contributed by atoms with Gasteiger partial charge < -0.3 is 14.8 Å². The molecule has 1 aromatic rings. The Balaban J connectivity index is 1.71. The number of nitrogens with one attached hydrogen (secondary N) is 1. The van der Waals surface area contributed by atoms with Crippen molar-refractivity contribution in [2.45, 2.75) is 26.5 Å². The molecular weight excluding hydrogens is 224 g/mol. The summed E-state index contributed by atoms with van der Waals surface area (Å²) in [6.07, 6.45) is 0.191. The molecule has 1 atom stereocenters. The topological polar surface area (TPSA) is 43.4 Å². The van der Waals surface area contributed by atoms with Crippen LogP contribution >= 0.6 is 11.3 Å². The molecule has 1 N–H and O–H groups in total. The van der Waals surface area contributed by atoms with Crippen molar-refractivity contribution in [3.05, 3.63) is 15.6 Å². The zero-order chi connectivity index (χ0) is 11.4. The number of rotatable bonds is 4. The van der Waals surface area contributed by atoms with Gasteiger partial charge in [-0.05, 0) is 13.8 Å². The molecule has 1 unspecified atom stereocenters. The van der Waals surface area contributed by atoms with Crippen LogP contribution in [0.3, 0.4) is 0 Å². The van der Waals surface area contributed by atoms with Gasteiger partial charge in [0.1, 0.15) is 5.01 Å². The van der Waals surface area contributed by atoms with Crippen LogP contribution < -0.4 is 5.32 Å². The minimum absolute atomic E-state index is 0.191. The predicted molar refractivity (Wildman–Crippen MR) is 63.9 cm³/mol.